The Kier molecular flexibility index (Phi) is 16.2. The first kappa shape index (κ1) is 35.9. The molecular formula is C32H57NO4SiSn. The van der Waals surface area contributed by atoms with Crippen LogP contribution in [0.1, 0.15) is 85.6 Å². The average Bonchev–Trinajstić information content (AvgIpc) is 2.89. The molecule has 39 heavy (non-hydrogen) atoms. The number of rotatable bonds is 18. The summed E-state index contributed by atoms with van der Waals surface area (Å²) in [4.78, 5) is 26.8. The number of unbranched alkanes of at least 4 members (excludes halogenated alkanes) is 3. The molecule has 1 N–H and O–H groups in total. The first-order chi connectivity index (χ1) is 18.4. The number of hydrogen-bond acceptors (Lipinski definition) is 4. The van der Waals surface area contributed by atoms with E-state index >= 15 is 0 Å². The van der Waals surface area contributed by atoms with Crippen LogP contribution in [0.4, 0.5) is 4.79 Å². The number of methoxy groups -OCH3 is 1. The number of hydrogen-bond donors (Lipinski definition) is 1. The van der Waals surface area contributed by atoms with Crippen molar-refractivity contribution in [3.8, 4) is 0 Å². The summed E-state index contributed by atoms with van der Waals surface area (Å²) in [5, 5.41) is 3.41. The molecule has 0 saturated heterocycles. The normalized spacial score (nSPS) is 13.7. The van der Waals surface area contributed by atoms with Gasteiger partial charge in [0.2, 0.25) is 0 Å². The molecule has 222 valence electrons. The average molecular weight is 667 g/mol. The minimum atomic E-state index is -3.15. The molecule has 0 aromatic heterocycles. The molecule has 0 bridgehead atoms. The van der Waals surface area contributed by atoms with Gasteiger partial charge in [-0.1, -0.05) is 0 Å². The zero-order valence-corrected chi connectivity index (χ0v) is 30.3. The summed E-state index contributed by atoms with van der Waals surface area (Å²) in [6, 6.07) is 9.80. The summed E-state index contributed by atoms with van der Waals surface area (Å²) in [6.45, 7) is 18.7. The van der Waals surface area contributed by atoms with Crippen molar-refractivity contribution in [1.82, 2.24) is 5.32 Å². The van der Waals surface area contributed by atoms with Crippen molar-refractivity contribution in [3.05, 3.63) is 45.6 Å². The van der Waals surface area contributed by atoms with Crippen molar-refractivity contribution in [2.45, 2.75) is 124 Å². The maximum atomic E-state index is 13.5. The van der Waals surface area contributed by atoms with Crippen LogP contribution >= 0.6 is 0 Å². The molecule has 0 fully saturated rings. The molecule has 0 aliphatic heterocycles. The third-order valence-corrected chi connectivity index (χ3v) is 31.2. The molecule has 7 heteroatoms. The quantitative estimate of drug-likeness (QED) is 0.126. The molecule has 1 amide bonds. The van der Waals surface area contributed by atoms with Gasteiger partial charge < -0.3 is 0 Å². The van der Waals surface area contributed by atoms with Crippen LogP contribution in [0.15, 0.2) is 40.0 Å². The summed E-state index contributed by atoms with van der Waals surface area (Å²) >= 11 is -3.15. The number of ether oxygens (including phenoxy) is 2. The van der Waals surface area contributed by atoms with Crippen molar-refractivity contribution < 1.29 is 19.1 Å². The van der Waals surface area contributed by atoms with E-state index in [9.17, 15) is 9.59 Å². The number of benzene rings is 1. The minimum absolute atomic E-state index is 0.00560. The van der Waals surface area contributed by atoms with E-state index in [1.165, 1.54) is 36.2 Å². The number of amides is 1. The van der Waals surface area contributed by atoms with Crippen LogP contribution in [0.25, 0.3) is 0 Å². The van der Waals surface area contributed by atoms with E-state index in [0.29, 0.717) is 0 Å². The number of carbonyl (C=O) groups is 2. The van der Waals surface area contributed by atoms with Crippen LogP contribution < -0.4 is 5.32 Å². The standard InChI is InChI=1S/C20H30NO4Si.3C4H9.Sn/c1-20(2,3)26(5,6)18(13-12-17(22)15-24-4)21-19(23)25-14-16-10-8-7-9-11-16;3*1-3-4-2;/h7-12,18H,14-15H2,1-6H3,(H,21,23);3*1,3-4H2,2H3;/t18-;;;;/m0..../s1. The number of nitrogens with one attached hydrogen (secondary N) is 1. The Labute approximate surface area is 244 Å². The van der Waals surface area contributed by atoms with E-state index in [1.54, 1.807) is 7.11 Å². The summed E-state index contributed by atoms with van der Waals surface area (Å²) in [6.07, 6.45) is 8.55. The summed E-state index contributed by atoms with van der Waals surface area (Å²) < 4.78 is 16.1. The van der Waals surface area contributed by atoms with Crippen molar-refractivity contribution >= 4 is 38.3 Å². The fraction of sp³-hybridized carbons (Fsp3) is 0.688. The molecule has 1 atom stereocenters. The van der Waals surface area contributed by atoms with Gasteiger partial charge in [-0.3, -0.25) is 0 Å². The molecule has 0 unspecified atom stereocenters. The fourth-order valence-electron chi connectivity index (χ4n) is 5.22. The number of alkyl carbamates (subject to hydrolysis) is 1. The Balaban J connectivity index is 3.73. The van der Waals surface area contributed by atoms with Gasteiger partial charge in [0.25, 0.3) is 0 Å². The van der Waals surface area contributed by atoms with Gasteiger partial charge >= 0.3 is 246 Å². The van der Waals surface area contributed by atoms with Gasteiger partial charge in [0.1, 0.15) is 0 Å². The Morgan fingerprint density at radius 3 is 1.90 bits per heavy atom. The Morgan fingerprint density at radius 2 is 1.46 bits per heavy atom. The SMILES string of the molecule is CCC[CH2][Sn]([CH2]CCC)([CH2]CCC)/[C](=C/C(=O)COC)[C@@H](NC(=O)OCc1ccccc1)[Si](C)(C)C(C)(C)C. The molecule has 5 nitrogen and oxygen atoms in total. The Hall–Kier alpha value is -1.12. The van der Waals surface area contributed by atoms with Crippen LogP contribution in [-0.4, -0.2) is 57.7 Å². The van der Waals surface area contributed by atoms with E-state index < -0.39 is 26.5 Å². The Bertz CT molecular complexity index is 873. The summed E-state index contributed by atoms with van der Waals surface area (Å²) in [5.41, 5.74) is 0.813. The van der Waals surface area contributed by atoms with Gasteiger partial charge in [0, 0.05) is 0 Å². The van der Waals surface area contributed by atoms with E-state index in [0.717, 1.165) is 24.8 Å². The third kappa shape index (κ3) is 11.3. The third-order valence-electron chi connectivity index (χ3n) is 8.68. The Morgan fingerprint density at radius 1 is 0.949 bits per heavy atom. The van der Waals surface area contributed by atoms with Crippen molar-refractivity contribution in [3.63, 3.8) is 0 Å². The van der Waals surface area contributed by atoms with Crippen molar-refractivity contribution in [2.24, 2.45) is 0 Å². The molecule has 0 saturated carbocycles. The maximum absolute atomic E-state index is 13.5. The molecule has 1 aromatic rings. The first-order valence-corrected chi connectivity index (χ1v) is 25.6. The molecule has 0 heterocycles. The van der Waals surface area contributed by atoms with Crippen LogP contribution in [0, 0.1) is 0 Å². The molecule has 1 rings (SSSR count). The molecule has 0 spiro atoms. The van der Waals surface area contributed by atoms with Crippen LogP contribution in [0.5, 0.6) is 0 Å². The van der Waals surface area contributed by atoms with Gasteiger partial charge in [-0.2, -0.15) is 0 Å². The van der Waals surface area contributed by atoms with E-state index in [2.05, 4.69) is 60.0 Å². The van der Waals surface area contributed by atoms with E-state index in [4.69, 9.17) is 9.47 Å². The predicted octanol–water partition coefficient (Wildman–Crippen LogP) is 8.86. The monoisotopic (exact) mass is 667 g/mol. The van der Waals surface area contributed by atoms with E-state index in [1.807, 2.05) is 36.4 Å². The van der Waals surface area contributed by atoms with Crippen LogP contribution in [0.2, 0.25) is 31.4 Å². The fourth-order valence-corrected chi connectivity index (χ4v) is 29.3. The molecule has 1 aromatic carbocycles. The van der Waals surface area contributed by atoms with Gasteiger partial charge in [0.05, 0.1) is 0 Å². The zero-order chi connectivity index (χ0) is 29.5. The molecule has 0 aliphatic carbocycles. The van der Waals surface area contributed by atoms with Crippen LogP contribution in [-0.2, 0) is 20.9 Å². The second-order valence-electron chi connectivity index (χ2n) is 12.7. The topological polar surface area (TPSA) is 64.6 Å². The van der Waals surface area contributed by atoms with Crippen LogP contribution in [0.3, 0.4) is 0 Å². The summed E-state index contributed by atoms with van der Waals surface area (Å²) in [5.74, 6) is 0.0150. The number of carbonyl (C=O) groups excluding carboxylic acids is 2. The van der Waals surface area contributed by atoms with E-state index in [-0.39, 0.29) is 35.8 Å². The van der Waals surface area contributed by atoms with Crippen molar-refractivity contribution in [2.75, 3.05) is 13.7 Å². The van der Waals surface area contributed by atoms with Gasteiger partial charge in [-0.25, -0.2) is 0 Å². The number of ketones is 1. The van der Waals surface area contributed by atoms with Gasteiger partial charge in [-0.05, 0) is 0 Å². The first-order valence-electron chi connectivity index (χ1n) is 15.1. The summed E-state index contributed by atoms with van der Waals surface area (Å²) in [7, 11) is -0.625. The van der Waals surface area contributed by atoms with Gasteiger partial charge in [0.15, 0.2) is 0 Å². The predicted molar refractivity (Wildman–Crippen MR) is 171 cm³/mol. The molecular weight excluding hydrogens is 609 g/mol. The second kappa shape index (κ2) is 17.6. The van der Waals surface area contributed by atoms with Gasteiger partial charge in [-0.15, -0.1) is 0 Å². The molecule has 0 radical (unpaired) electrons. The molecule has 0 aliphatic rings. The van der Waals surface area contributed by atoms with Crippen molar-refractivity contribution in [1.29, 1.82) is 0 Å². The zero-order valence-electron chi connectivity index (χ0n) is 26.5. The second-order valence-corrected chi connectivity index (χ2v) is 31.5.